The first-order valence-corrected chi connectivity index (χ1v) is 8.96. The zero-order valence-corrected chi connectivity index (χ0v) is 15.1. The van der Waals surface area contributed by atoms with E-state index in [-0.39, 0.29) is 24.4 Å². The second kappa shape index (κ2) is 8.02. The van der Waals surface area contributed by atoms with Crippen molar-refractivity contribution < 1.29 is 4.79 Å². The molecule has 25 heavy (non-hydrogen) atoms. The van der Waals surface area contributed by atoms with Crippen molar-refractivity contribution in [2.75, 3.05) is 19.6 Å². The monoisotopic (exact) mass is 360 g/mol. The molecule has 0 saturated carbocycles. The van der Waals surface area contributed by atoms with Crippen LogP contribution in [0.5, 0.6) is 0 Å². The van der Waals surface area contributed by atoms with Crippen molar-refractivity contribution in [1.29, 1.82) is 0 Å². The van der Waals surface area contributed by atoms with Gasteiger partial charge in [-0.25, -0.2) is 0 Å². The summed E-state index contributed by atoms with van der Waals surface area (Å²) in [4.78, 5) is 14.8. The smallest absolute Gasteiger partial charge is 0.239 e. The third-order valence-corrected chi connectivity index (χ3v) is 5.18. The Kier molecular flexibility index (Phi) is 5.76. The Labute approximate surface area is 154 Å². The molecule has 1 unspecified atom stereocenters. The van der Waals surface area contributed by atoms with Crippen LogP contribution in [0.3, 0.4) is 0 Å². The predicted molar refractivity (Wildman–Crippen MR) is 101 cm³/mol. The van der Waals surface area contributed by atoms with Crippen LogP contribution >= 0.6 is 12.4 Å². The largest absolute Gasteiger partial charge is 0.341 e. The number of carbonyl (C=O) groups is 1. The minimum Gasteiger partial charge on any atom is -0.341 e. The van der Waals surface area contributed by atoms with E-state index in [1.165, 1.54) is 17.7 Å². The Morgan fingerprint density at radius 3 is 2.68 bits per heavy atom. The Morgan fingerprint density at radius 2 is 1.92 bits per heavy atom. The Bertz CT molecular complexity index is 709. The van der Waals surface area contributed by atoms with Gasteiger partial charge in [0.25, 0.3) is 0 Å². The van der Waals surface area contributed by atoms with Crippen molar-refractivity contribution in [2.45, 2.75) is 38.1 Å². The summed E-state index contributed by atoms with van der Waals surface area (Å²) in [6, 6.07) is 10.3. The molecular formula is C19H25ClN4O. The average Bonchev–Trinajstić information content (AvgIpc) is 2.94. The van der Waals surface area contributed by atoms with Crippen molar-refractivity contribution in [3.8, 4) is 11.3 Å². The van der Waals surface area contributed by atoms with Crippen LogP contribution in [0.1, 0.15) is 30.5 Å². The predicted octanol–water partition coefficient (Wildman–Crippen LogP) is 2.57. The first-order valence-electron chi connectivity index (χ1n) is 8.96. The van der Waals surface area contributed by atoms with Crippen LogP contribution < -0.4 is 5.32 Å². The average molecular weight is 361 g/mol. The summed E-state index contributed by atoms with van der Waals surface area (Å²) in [5.74, 6) is 0.272. The van der Waals surface area contributed by atoms with Crippen molar-refractivity contribution in [1.82, 2.24) is 20.4 Å². The van der Waals surface area contributed by atoms with Gasteiger partial charge < -0.3 is 10.2 Å². The molecule has 1 fully saturated rings. The summed E-state index contributed by atoms with van der Waals surface area (Å²) >= 11 is 0. The fourth-order valence-electron chi connectivity index (χ4n) is 3.82. The lowest BCUT2D eigenvalue weighted by Gasteiger charge is -2.29. The van der Waals surface area contributed by atoms with E-state index in [4.69, 9.17) is 0 Å². The van der Waals surface area contributed by atoms with Gasteiger partial charge in [0.1, 0.15) is 0 Å². The number of nitrogens with one attached hydrogen (secondary N) is 2. The molecule has 2 aliphatic heterocycles. The topological polar surface area (TPSA) is 61.0 Å². The second-order valence-corrected chi connectivity index (χ2v) is 6.72. The number of fused-ring (bicyclic) bond motifs is 1. The number of rotatable bonds is 2. The van der Waals surface area contributed by atoms with Crippen molar-refractivity contribution >= 4 is 18.3 Å². The summed E-state index contributed by atoms with van der Waals surface area (Å²) < 4.78 is 0. The molecule has 0 bridgehead atoms. The molecule has 2 aromatic rings. The van der Waals surface area contributed by atoms with Crippen molar-refractivity contribution in [3.63, 3.8) is 0 Å². The van der Waals surface area contributed by atoms with E-state index in [1.807, 2.05) is 23.1 Å². The van der Waals surface area contributed by atoms with E-state index in [1.54, 1.807) is 0 Å². The van der Waals surface area contributed by atoms with E-state index in [9.17, 15) is 4.79 Å². The number of aromatic nitrogens is 2. The molecule has 1 aromatic heterocycles. The summed E-state index contributed by atoms with van der Waals surface area (Å²) in [5, 5.41) is 11.1. The van der Waals surface area contributed by atoms with E-state index in [2.05, 4.69) is 27.6 Å². The van der Waals surface area contributed by atoms with Gasteiger partial charge in [-0.15, -0.1) is 12.4 Å². The molecule has 134 valence electrons. The minimum absolute atomic E-state index is 0. The third-order valence-electron chi connectivity index (χ3n) is 5.18. The van der Waals surface area contributed by atoms with Gasteiger partial charge in [-0.3, -0.25) is 9.89 Å². The molecule has 2 aliphatic rings. The number of hydrogen-bond donors (Lipinski definition) is 2. The van der Waals surface area contributed by atoms with E-state index >= 15 is 0 Å². The summed E-state index contributed by atoms with van der Waals surface area (Å²) in [6.45, 7) is 2.52. The van der Waals surface area contributed by atoms with Crippen LogP contribution in [0.4, 0.5) is 0 Å². The number of carbonyl (C=O) groups excluding carboxylic acids is 1. The molecule has 4 rings (SSSR count). The molecule has 5 nitrogen and oxygen atoms in total. The maximum Gasteiger partial charge on any atom is 0.239 e. The van der Waals surface area contributed by atoms with Crippen LogP contribution in [0.15, 0.2) is 30.3 Å². The normalized spacial score (nSPS) is 20.3. The van der Waals surface area contributed by atoms with Gasteiger partial charge in [0, 0.05) is 36.3 Å². The number of amides is 1. The van der Waals surface area contributed by atoms with Crippen LogP contribution in [-0.4, -0.2) is 46.7 Å². The molecule has 0 radical (unpaired) electrons. The molecule has 1 aromatic carbocycles. The summed E-state index contributed by atoms with van der Waals surface area (Å²) in [5.41, 5.74) is 4.63. The number of piperidine rings is 1. The highest BCUT2D eigenvalue weighted by Gasteiger charge is 2.28. The molecule has 1 atom stereocenters. The molecule has 0 spiro atoms. The molecule has 6 heteroatoms. The first-order chi connectivity index (χ1) is 11.8. The minimum atomic E-state index is 0. The first kappa shape index (κ1) is 18.0. The SMILES string of the molecule is Cl.O=C(C1CCCCN1)N1CCc2[nH]nc(-c3ccccc3)c2CC1. The van der Waals surface area contributed by atoms with Crippen LogP contribution in [0, 0.1) is 0 Å². The van der Waals surface area contributed by atoms with Crippen molar-refractivity contribution in [3.05, 3.63) is 41.6 Å². The zero-order valence-electron chi connectivity index (χ0n) is 14.3. The lowest BCUT2D eigenvalue weighted by atomic mass is 10.0. The van der Waals surface area contributed by atoms with E-state index < -0.39 is 0 Å². The number of halogens is 1. The molecule has 3 heterocycles. The third kappa shape index (κ3) is 3.72. The molecular weight excluding hydrogens is 336 g/mol. The van der Waals surface area contributed by atoms with Gasteiger partial charge in [0.2, 0.25) is 5.91 Å². The maximum atomic E-state index is 12.8. The Morgan fingerprint density at radius 1 is 1.12 bits per heavy atom. The molecule has 2 N–H and O–H groups in total. The Balaban J connectivity index is 0.00000182. The van der Waals surface area contributed by atoms with Crippen molar-refractivity contribution in [2.24, 2.45) is 0 Å². The second-order valence-electron chi connectivity index (χ2n) is 6.72. The van der Waals surface area contributed by atoms with Gasteiger partial charge >= 0.3 is 0 Å². The number of benzene rings is 1. The number of nitrogens with zero attached hydrogens (tertiary/aromatic N) is 2. The highest BCUT2D eigenvalue weighted by atomic mass is 35.5. The fourth-order valence-corrected chi connectivity index (χ4v) is 3.82. The van der Waals surface area contributed by atoms with Crippen LogP contribution in [0.2, 0.25) is 0 Å². The number of H-pyrrole nitrogens is 1. The van der Waals surface area contributed by atoms with Gasteiger partial charge in [-0.1, -0.05) is 36.8 Å². The molecule has 1 saturated heterocycles. The van der Waals surface area contributed by atoms with Crippen LogP contribution in [0.25, 0.3) is 11.3 Å². The van der Waals surface area contributed by atoms with E-state index in [0.717, 1.165) is 56.6 Å². The zero-order chi connectivity index (χ0) is 16.4. The maximum absolute atomic E-state index is 12.8. The quantitative estimate of drug-likeness (QED) is 0.865. The molecule has 0 aliphatic carbocycles. The standard InChI is InChI=1S/C19H24N4O.ClH/c24-19(17-8-4-5-11-20-17)23-12-9-15-16(10-13-23)21-22-18(15)14-6-2-1-3-7-14;/h1-3,6-7,17,20H,4-5,8-13H2,(H,21,22);1H. The summed E-state index contributed by atoms with van der Waals surface area (Å²) in [7, 11) is 0. The lowest BCUT2D eigenvalue weighted by molar-refractivity contribution is -0.133. The van der Waals surface area contributed by atoms with Gasteiger partial charge in [0.05, 0.1) is 11.7 Å². The van der Waals surface area contributed by atoms with Gasteiger partial charge in [-0.2, -0.15) is 5.10 Å². The number of hydrogen-bond acceptors (Lipinski definition) is 3. The molecule has 1 amide bonds. The summed E-state index contributed by atoms with van der Waals surface area (Å²) in [6.07, 6.45) is 5.03. The van der Waals surface area contributed by atoms with E-state index in [0.29, 0.717) is 0 Å². The van der Waals surface area contributed by atoms with Gasteiger partial charge in [0.15, 0.2) is 0 Å². The Hall–Kier alpha value is -1.85. The fraction of sp³-hybridized carbons (Fsp3) is 0.474. The number of aromatic amines is 1. The highest BCUT2D eigenvalue weighted by Crippen LogP contribution is 2.26. The lowest BCUT2D eigenvalue weighted by Crippen LogP contribution is -2.49. The van der Waals surface area contributed by atoms with Crippen LogP contribution in [-0.2, 0) is 17.6 Å². The van der Waals surface area contributed by atoms with Gasteiger partial charge in [-0.05, 0) is 25.8 Å². The highest BCUT2D eigenvalue weighted by molar-refractivity contribution is 5.85.